The minimum atomic E-state index is -3.72. The van der Waals surface area contributed by atoms with Crippen molar-refractivity contribution in [3.05, 3.63) is 58.1 Å². The molecule has 0 aliphatic heterocycles. The van der Waals surface area contributed by atoms with Gasteiger partial charge in [-0.25, -0.2) is 8.42 Å². The Labute approximate surface area is 181 Å². The molecule has 0 heterocycles. The second-order valence-electron chi connectivity index (χ2n) is 6.46. The highest BCUT2D eigenvalue weighted by molar-refractivity contribution is 7.92. The summed E-state index contributed by atoms with van der Waals surface area (Å²) in [6.45, 7) is 2.23. The van der Waals surface area contributed by atoms with Crippen molar-refractivity contribution in [3.63, 3.8) is 0 Å². The van der Waals surface area contributed by atoms with Crippen LogP contribution in [0.4, 0.5) is 5.69 Å². The summed E-state index contributed by atoms with van der Waals surface area (Å²) in [4.78, 5) is 12.2. The molecule has 0 atom stereocenters. The number of anilines is 1. The Balaban J connectivity index is 1.88. The maximum Gasteiger partial charge on any atom is 0.240 e. The maximum absolute atomic E-state index is 12.2. The van der Waals surface area contributed by atoms with Gasteiger partial charge in [-0.3, -0.25) is 9.10 Å². The third-order valence-electron chi connectivity index (χ3n) is 4.02. The Hall–Kier alpha value is -1.96. The number of carbonyl (C=O) groups excluding carboxylic acids is 1. The van der Waals surface area contributed by atoms with Crippen LogP contribution in [0, 0.1) is 0 Å². The van der Waals surface area contributed by atoms with Crippen molar-refractivity contribution < 1.29 is 17.9 Å². The fourth-order valence-electron chi connectivity index (χ4n) is 2.65. The molecule has 0 aromatic heterocycles. The second kappa shape index (κ2) is 10.7. The number of sulfonamides is 1. The summed E-state index contributed by atoms with van der Waals surface area (Å²) in [7, 11) is -3.72. The number of nitrogens with zero attached hydrogens (tertiary/aromatic N) is 1. The van der Waals surface area contributed by atoms with Crippen LogP contribution in [0.3, 0.4) is 0 Å². The normalized spacial score (nSPS) is 11.2. The first kappa shape index (κ1) is 23.3. The Morgan fingerprint density at radius 3 is 2.41 bits per heavy atom. The standard InChI is InChI=1S/C20H24Cl2N2O4S/c1-3-4-15-5-8-17(9-6-15)28-12-11-23-20(25)14-24(29(2,26)27)19-10-7-16(21)13-18(19)22/h5-10,13H,3-4,11-12,14H2,1-2H3,(H,23,25). The molecule has 0 radical (unpaired) electrons. The van der Waals surface area contributed by atoms with Crippen molar-refractivity contribution in [2.24, 2.45) is 0 Å². The quantitative estimate of drug-likeness (QED) is 0.547. The van der Waals surface area contributed by atoms with Crippen LogP contribution in [-0.2, 0) is 21.2 Å². The number of carbonyl (C=O) groups is 1. The second-order valence-corrected chi connectivity index (χ2v) is 9.21. The minimum Gasteiger partial charge on any atom is -0.492 e. The van der Waals surface area contributed by atoms with Crippen LogP contribution < -0.4 is 14.4 Å². The van der Waals surface area contributed by atoms with E-state index < -0.39 is 22.5 Å². The molecule has 0 aliphatic carbocycles. The van der Waals surface area contributed by atoms with Crippen molar-refractivity contribution in [3.8, 4) is 5.75 Å². The Morgan fingerprint density at radius 1 is 1.14 bits per heavy atom. The van der Waals surface area contributed by atoms with E-state index in [2.05, 4.69) is 12.2 Å². The first-order valence-electron chi connectivity index (χ1n) is 9.12. The monoisotopic (exact) mass is 458 g/mol. The predicted octanol–water partition coefficient (Wildman–Crippen LogP) is 3.91. The van der Waals surface area contributed by atoms with Crippen molar-refractivity contribution >= 4 is 44.8 Å². The molecular formula is C20H24Cl2N2O4S. The van der Waals surface area contributed by atoms with Crippen LogP contribution in [0.15, 0.2) is 42.5 Å². The van der Waals surface area contributed by atoms with Crippen molar-refractivity contribution in [2.75, 3.05) is 30.3 Å². The molecule has 0 fully saturated rings. The first-order chi connectivity index (χ1) is 13.7. The summed E-state index contributed by atoms with van der Waals surface area (Å²) in [5.74, 6) is 0.244. The summed E-state index contributed by atoms with van der Waals surface area (Å²) in [6, 6.07) is 12.2. The fourth-order valence-corrected chi connectivity index (χ4v) is 4.08. The third kappa shape index (κ3) is 7.42. The molecule has 1 amide bonds. The number of ether oxygens (including phenoxy) is 1. The van der Waals surface area contributed by atoms with E-state index >= 15 is 0 Å². The van der Waals surface area contributed by atoms with Gasteiger partial charge in [0.2, 0.25) is 15.9 Å². The molecule has 0 bridgehead atoms. The maximum atomic E-state index is 12.2. The van der Waals surface area contributed by atoms with Gasteiger partial charge in [0, 0.05) is 5.02 Å². The number of halogens is 2. The van der Waals surface area contributed by atoms with Gasteiger partial charge in [-0.1, -0.05) is 48.7 Å². The number of benzene rings is 2. The van der Waals surface area contributed by atoms with Crippen LogP contribution in [0.2, 0.25) is 10.0 Å². The molecule has 6 nitrogen and oxygen atoms in total. The van der Waals surface area contributed by atoms with Gasteiger partial charge in [0.15, 0.2) is 0 Å². The van der Waals surface area contributed by atoms with Gasteiger partial charge < -0.3 is 10.1 Å². The molecule has 1 N–H and O–H groups in total. The molecule has 0 saturated heterocycles. The first-order valence-corrected chi connectivity index (χ1v) is 11.7. The summed E-state index contributed by atoms with van der Waals surface area (Å²) in [6.07, 6.45) is 3.11. The largest absolute Gasteiger partial charge is 0.492 e. The lowest BCUT2D eigenvalue weighted by molar-refractivity contribution is -0.119. The van der Waals surface area contributed by atoms with Crippen LogP contribution in [-0.4, -0.2) is 40.3 Å². The molecule has 0 unspecified atom stereocenters. The minimum absolute atomic E-state index is 0.144. The number of nitrogens with one attached hydrogen (secondary N) is 1. The average molecular weight is 459 g/mol. The van der Waals surface area contributed by atoms with Gasteiger partial charge in [0.05, 0.1) is 23.5 Å². The van der Waals surface area contributed by atoms with Gasteiger partial charge in [0.25, 0.3) is 0 Å². The third-order valence-corrected chi connectivity index (χ3v) is 5.69. The smallest absolute Gasteiger partial charge is 0.240 e. The molecule has 0 spiro atoms. The molecular weight excluding hydrogens is 435 g/mol. The zero-order valence-electron chi connectivity index (χ0n) is 16.3. The molecule has 2 aromatic rings. The average Bonchev–Trinajstić information content (AvgIpc) is 2.64. The van der Waals surface area contributed by atoms with E-state index in [1.807, 2.05) is 24.3 Å². The van der Waals surface area contributed by atoms with Crippen LogP contribution in [0.25, 0.3) is 0 Å². The molecule has 9 heteroatoms. The molecule has 0 aliphatic rings. The molecule has 29 heavy (non-hydrogen) atoms. The summed E-state index contributed by atoms with van der Waals surface area (Å²) < 4.78 is 30.8. The summed E-state index contributed by atoms with van der Waals surface area (Å²) in [5.41, 5.74) is 1.44. The van der Waals surface area contributed by atoms with E-state index in [0.29, 0.717) is 10.8 Å². The highest BCUT2D eigenvalue weighted by atomic mass is 35.5. The molecule has 158 valence electrons. The van der Waals surface area contributed by atoms with E-state index in [9.17, 15) is 13.2 Å². The highest BCUT2D eigenvalue weighted by Crippen LogP contribution is 2.30. The van der Waals surface area contributed by atoms with Crippen molar-refractivity contribution in [2.45, 2.75) is 19.8 Å². The molecule has 2 aromatic carbocycles. The number of rotatable bonds is 10. The van der Waals surface area contributed by atoms with E-state index in [-0.39, 0.29) is 23.9 Å². The Morgan fingerprint density at radius 2 is 1.83 bits per heavy atom. The van der Waals surface area contributed by atoms with E-state index in [0.717, 1.165) is 23.4 Å². The van der Waals surface area contributed by atoms with Crippen molar-refractivity contribution in [1.29, 1.82) is 0 Å². The summed E-state index contributed by atoms with van der Waals surface area (Å²) in [5, 5.41) is 3.16. The lowest BCUT2D eigenvalue weighted by Gasteiger charge is -2.23. The van der Waals surface area contributed by atoms with Gasteiger partial charge in [-0.15, -0.1) is 0 Å². The zero-order chi connectivity index (χ0) is 21.4. The SMILES string of the molecule is CCCc1ccc(OCCNC(=O)CN(c2ccc(Cl)cc2Cl)S(C)(=O)=O)cc1. The van der Waals surface area contributed by atoms with Crippen LogP contribution in [0.1, 0.15) is 18.9 Å². The fraction of sp³-hybridized carbons (Fsp3) is 0.350. The lowest BCUT2D eigenvalue weighted by atomic mass is 10.1. The summed E-state index contributed by atoms with van der Waals surface area (Å²) >= 11 is 12.0. The van der Waals surface area contributed by atoms with Crippen molar-refractivity contribution in [1.82, 2.24) is 5.32 Å². The lowest BCUT2D eigenvalue weighted by Crippen LogP contribution is -2.41. The number of aryl methyl sites for hydroxylation is 1. The van der Waals surface area contributed by atoms with Crippen LogP contribution >= 0.6 is 23.2 Å². The Bertz CT molecular complexity index is 934. The van der Waals surface area contributed by atoms with Gasteiger partial charge in [0.1, 0.15) is 18.9 Å². The van der Waals surface area contributed by atoms with E-state index in [4.69, 9.17) is 27.9 Å². The number of hydrogen-bond acceptors (Lipinski definition) is 4. The predicted molar refractivity (Wildman–Crippen MR) is 118 cm³/mol. The number of hydrogen-bond donors (Lipinski definition) is 1. The van der Waals surface area contributed by atoms with Gasteiger partial charge in [-0.2, -0.15) is 0 Å². The molecule has 2 rings (SSSR count). The zero-order valence-corrected chi connectivity index (χ0v) is 18.6. The topological polar surface area (TPSA) is 75.7 Å². The van der Waals surface area contributed by atoms with Gasteiger partial charge in [-0.05, 0) is 42.3 Å². The molecule has 0 saturated carbocycles. The highest BCUT2D eigenvalue weighted by Gasteiger charge is 2.23. The number of amides is 1. The van der Waals surface area contributed by atoms with E-state index in [1.165, 1.54) is 23.8 Å². The van der Waals surface area contributed by atoms with Crippen LogP contribution in [0.5, 0.6) is 5.75 Å². The Kier molecular flexibility index (Phi) is 8.61. The van der Waals surface area contributed by atoms with Gasteiger partial charge >= 0.3 is 0 Å². The van der Waals surface area contributed by atoms with E-state index in [1.54, 1.807) is 0 Å².